The lowest BCUT2D eigenvalue weighted by atomic mass is 9.92. The van der Waals surface area contributed by atoms with Crippen LogP contribution in [-0.4, -0.2) is 19.6 Å². The van der Waals surface area contributed by atoms with E-state index in [0.717, 1.165) is 47.2 Å². The highest BCUT2D eigenvalue weighted by Crippen LogP contribution is 2.41. The zero-order valence-corrected chi connectivity index (χ0v) is 18.4. The summed E-state index contributed by atoms with van der Waals surface area (Å²) in [6, 6.07) is 13.5. The monoisotopic (exact) mass is 457 g/mol. The second-order valence-electron chi connectivity index (χ2n) is 8.40. The molecule has 0 atom stereocenters. The van der Waals surface area contributed by atoms with Crippen LogP contribution < -0.4 is 5.56 Å². The SMILES string of the molecule is O=c1nc2n(c3sc4c(c13)CCCC4)Cc1ccccc1C2=C(O)c1ccc([N+](=O)[O-])cc1. The van der Waals surface area contributed by atoms with Gasteiger partial charge in [0.25, 0.3) is 11.2 Å². The lowest BCUT2D eigenvalue weighted by Gasteiger charge is -2.25. The Morgan fingerprint density at radius 1 is 1.09 bits per heavy atom. The molecule has 4 aromatic rings. The van der Waals surface area contributed by atoms with Crippen molar-refractivity contribution in [3.63, 3.8) is 0 Å². The number of nitro benzene ring substituents is 1. The maximum Gasteiger partial charge on any atom is 0.282 e. The van der Waals surface area contributed by atoms with Gasteiger partial charge in [0.1, 0.15) is 16.4 Å². The summed E-state index contributed by atoms with van der Waals surface area (Å²) < 4.78 is 2.04. The van der Waals surface area contributed by atoms with Crippen molar-refractivity contribution in [1.82, 2.24) is 9.55 Å². The maximum atomic E-state index is 13.2. The molecule has 1 aliphatic carbocycles. The van der Waals surface area contributed by atoms with Crippen molar-refractivity contribution in [2.75, 3.05) is 0 Å². The van der Waals surface area contributed by atoms with Crippen LogP contribution in [0.25, 0.3) is 21.5 Å². The summed E-state index contributed by atoms with van der Waals surface area (Å²) in [6.45, 7) is 0.561. The van der Waals surface area contributed by atoms with Crippen LogP contribution in [0, 0.1) is 10.1 Å². The summed E-state index contributed by atoms with van der Waals surface area (Å²) >= 11 is 1.66. The number of aliphatic hydroxyl groups is 1. The third-order valence-corrected chi connectivity index (χ3v) is 7.82. The maximum absolute atomic E-state index is 13.2. The van der Waals surface area contributed by atoms with Gasteiger partial charge in [0.15, 0.2) is 0 Å². The quantitative estimate of drug-likeness (QED) is 0.226. The predicted molar refractivity (Wildman–Crippen MR) is 128 cm³/mol. The van der Waals surface area contributed by atoms with Crippen LogP contribution in [0.15, 0.2) is 53.3 Å². The molecule has 7 nitrogen and oxygen atoms in total. The van der Waals surface area contributed by atoms with E-state index in [0.29, 0.717) is 28.9 Å². The third-order valence-electron chi connectivity index (χ3n) is 6.50. The van der Waals surface area contributed by atoms with E-state index in [2.05, 4.69) is 4.98 Å². The van der Waals surface area contributed by atoms with Gasteiger partial charge in [-0.2, -0.15) is 4.98 Å². The first kappa shape index (κ1) is 19.9. The molecule has 0 unspecified atom stereocenters. The molecule has 8 heteroatoms. The highest BCUT2D eigenvalue weighted by molar-refractivity contribution is 7.18. The smallest absolute Gasteiger partial charge is 0.282 e. The van der Waals surface area contributed by atoms with Gasteiger partial charge >= 0.3 is 0 Å². The van der Waals surface area contributed by atoms with Crippen molar-refractivity contribution in [2.24, 2.45) is 0 Å². The number of nitrogens with zero attached hydrogens (tertiary/aromatic N) is 3. The first-order chi connectivity index (χ1) is 16.0. The van der Waals surface area contributed by atoms with E-state index in [1.165, 1.54) is 29.1 Å². The van der Waals surface area contributed by atoms with E-state index in [1.807, 2.05) is 28.8 Å². The van der Waals surface area contributed by atoms with Gasteiger partial charge < -0.3 is 9.67 Å². The molecular weight excluding hydrogens is 438 g/mol. The summed E-state index contributed by atoms with van der Waals surface area (Å²) in [5, 5.41) is 23.1. The Hall–Kier alpha value is -3.78. The molecule has 0 saturated heterocycles. The van der Waals surface area contributed by atoms with E-state index in [4.69, 9.17) is 0 Å². The third kappa shape index (κ3) is 3.01. The molecule has 6 rings (SSSR count). The van der Waals surface area contributed by atoms with Gasteiger partial charge in [-0.15, -0.1) is 11.3 Å². The molecule has 0 bridgehead atoms. The fraction of sp³-hybridized carbons (Fsp3) is 0.200. The van der Waals surface area contributed by atoms with Gasteiger partial charge in [-0.25, -0.2) is 0 Å². The number of nitro groups is 1. The lowest BCUT2D eigenvalue weighted by molar-refractivity contribution is -0.384. The first-order valence-corrected chi connectivity index (χ1v) is 11.7. The Morgan fingerprint density at radius 2 is 1.85 bits per heavy atom. The van der Waals surface area contributed by atoms with Crippen molar-refractivity contribution in [3.8, 4) is 0 Å². The standard InChI is InChI=1S/C25H19N3O4S/c29-22(14-9-11-16(12-10-14)28(31)32)20-17-6-2-1-5-15(17)13-27-23(20)26-24(30)21-18-7-3-4-8-19(18)33-25(21)27/h1-2,5-6,9-12,29H,3-4,7-8,13H2. The summed E-state index contributed by atoms with van der Waals surface area (Å²) in [5.74, 6) is 0.374. The topological polar surface area (TPSA) is 98.3 Å². The molecule has 0 spiro atoms. The number of rotatable bonds is 2. The van der Waals surface area contributed by atoms with Gasteiger partial charge in [0.2, 0.25) is 0 Å². The van der Waals surface area contributed by atoms with Crippen LogP contribution in [0.2, 0.25) is 0 Å². The second kappa shape index (κ2) is 7.38. The Morgan fingerprint density at radius 3 is 2.64 bits per heavy atom. The molecule has 3 heterocycles. The number of non-ortho nitro benzene ring substituents is 1. The Labute approximate surface area is 192 Å². The van der Waals surface area contributed by atoms with Crippen molar-refractivity contribution in [1.29, 1.82) is 0 Å². The highest BCUT2D eigenvalue weighted by atomic mass is 32.1. The molecule has 164 valence electrons. The van der Waals surface area contributed by atoms with E-state index < -0.39 is 4.92 Å². The van der Waals surface area contributed by atoms with Crippen molar-refractivity contribution in [2.45, 2.75) is 32.2 Å². The predicted octanol–water partition coefficient (Wildman–Crippen LogP) is 5.08. The van der Waals surface area contributed by atoms with Crippen molar-refractivity contribution in [3.05, 3.63) is 102 Å². The highest BCUT2D eigenvalue weighted by Gasteiger charge is 2.29. The molecule has 0 fully saturated rings. The molecule has 2 aliphatic rings. The van der Waals surface area contributed by atoms with Crippen LogP contribution >= 0.6 is 11.3 Å². The minimum atomic E-state index is -0.477. The van der Waals surface area contributed by atoms with Crippen LogP contribution in [0.3, 0.4) is 0 Å². The average Bonchev–Trinajstić information content (AvgIpc) is 3.23. The number of fused-ring (bicyclic) bond motifs is 6. The zero-order chi connectivity index (χ0) is 22.7. The number of aliphatic hydroxyl groups excluding tert-OH is 1. The summed E-state index contributed by atoms with van der Waals surface area (Å²) in [7, 11) is 0. The average molecular weight is 458 g/mol. The fourth-order valence-electron chi connectivity index (χ4n) is 4.92. The molecule has 0 radical (unpaired) electrons. The Balaban J connectivity index is 1.65. The van der Waals surface area contributed by atoms with E-state index in [1.54, 1.807) is 11.3 Å². The number of thiophene rings is 1. The van der Waals surface area contributed by atoms with Gasteiger partial charge in [0.05, 0.1) is 22.4 Å². The molecule has 2 aromatic carbocycles. The van der Waals surface area contributed by atoms with Crippen LogP contribution in [0.1, 0.15) is 45.8 Å². The van der Waals surface area contributed by atoms with E-state index in [-0.39, 0.29) is 17.0 Å². The lowest BCUT2D eigenvalue weighted by Crippen LogP contribution is -2.23. The minimum absolute atomic E-state index is 0.0544. The molecule has 33 heavy (non-hydrogen) atoms. The fourth-order valence-corrected chi connectivity index (χ4v) is 6.30. The Kier molecular flexibility index (Phi) is 4.45. The van der Waals surface area contributed by atoms with Crippen LogP contribution in [0.5, 0.6) is 0 Å². The largest absolute Gasteiger partial charge is 0.507 e. The molecule has 1 aliphatic heterocycles. The number of aromatic nitrogens is 2. The summed E-state index contributed by atoms with van der Waals surface area (Å²) in [4.78, 5) is 30.4. The molecule has 1 N–H and O–H groups in total. The Bertz CT molecular complexity index is 1550. The van der Waals surface area contributed by atoms with Gasteiger partial charge in [-0.1, -0.05) is 24.3 Å². The number of hydrogen-bond donors (Lipinski definition) is 1. The minimum Gasteiger partial charge on any atom is -0.507 e. The summed E-state index contributed by atoms with van der Waals surface area (Å²) in [6.07, 6.45) is 4.09. The first-order valence-electron chi connectivity index (χ1n) is 10.8. The van der Waals surface area contributed by atoms with Gasteiger partial charge in [-0.3, -0.25) is 14.9 Å². The normalized spacial score (nSPS) is 16.1. The van der Waals surface area contributed by atoms with Crippen LogP contribution in [-0.2, 0) is 19.4 Å². The summed E-state index contributed by atoms with van der Waals surface area (Å²) in [5.41, 5.74) is 3.55. The number of benzene rings is 2. The van der Waals surface area contributed by atoms with Crippen molar-refractivity contribution >= 4 is 38.6 Å². The molecular formula is C25H19N3O4S. The van der Waals surface area contributed by atoms with Gasteiger partial charge in [-0.05, 0) is 54.5 Å². The zero-order valence-electron chi connectivity index (χ0n) is 17.6. The van der Waals surface area contributed by atoms with Crippen LogP contribution in [0.4, 0.5) is 5.69 Å². The molecule has 2 aromatic heterocycles. The van der Waals surface area contributed by atoms with Gasteiger partial charge in [0, 0.05) is 22.6 Å². The number of hydrogen-bond acceptors (Lipinski definition) is 6. The van der Waals surface area contributed by atoms with E-state index >= 15 is 0 Å². The number of aryl methyl sites for hydroxylation is 2. The van der Waals surface area contributed by atoms with Crippen molar-refractivity contribution < 1.29 is 10.0 Å². The molecule has 0 saturated carbocycles. The second-order valence-corrected chi connectivity index (χ2v) is 9.49. The molecule has 0 amide bonds. The van der Waals surface area contributed by atoms with E-state index in [9.17, 15) is 20.0 Å².